The predicted octanol–water partition coefficient (Wildman–Crippen LogP) is 3.72. The summed E-state index contributed by atoms with van der Waals surface area (Å²) in [6, 6.07) is 3.09. The van der Waals surface area contributed by atoms with Gasteiger partial charge in [-0.25, -0.2) is 14.4 Å². The van der Waals surface area contributed by atoms with Crippen molar-refractivity contribution in [2.75, 3.05) is 33.9 Å². The fourth-order valence-electron chi connectivity index (χ4n) is 7.18. The predicted molar refractivity (Wildman–Crippen MR) is 180 cm³/mol. The lowest BCUT2D eigenvalue weighted by atomic mass is 9.93. The van der Waals surface area contributed by atoms with Crippen LogP contribution in [0, 0.1) is 5.92 Å². The van der Waals surface area contributed by atoms with Crippen LogP contribution in [0.1, 0.15) is 82.9 Å². The second kappa shape index (κ2) is 15.3. The van der Waals surface area contributed by atoms with Crippen LogP contribution < -0.4 is 15.4 Å². The second-order valence-corrected chi connectivity index (χ2v) is 14.6. The van der Waals surface area contributed by atoms with E-state index in [2.05, 4.69) is 10.6 Å². The molecule has 4 aliphatic rings. The van der Waals surface area contributed by atoms with Crippen molar-refractivity contribution in [3.05, 3.63) is 41.5 Å². The number of ether oxygens (including phenoxy) is 4. The number of nitrogens with zero attached hydrogens (tertiary/aromatic N) is 2. The minimum Gasteiger partial charge on any atom is -0.497 e. The minimum absolute atomic E-state index is 0.0464. The van der Waals surface area contributed by atoms with Gasteiger partial charge in [-0.3, -0.25) is 14.5 Å². The first-order valence-corrected chi connectivity index (χ1v) is 17.4. The van der Waals surface area contributed by atoms with Crippen molar-refractivity contribution in [2.45, 2.75) is 108 Å². The molecule has 5 rings (SSSR count). The molecule has 1 saturated heterocycles. The van der Waals surface area contributed by atoms with Gasteiger partial charge in [0.25, 0.3) is 0 Å². The average molecular weight is 699 g/mol. The molecular formula is C36H50N4O10. The third-order valence-electron chi connectivity index (χ3n) is 9.85. The molecule has 3 heterocycles. The van der Waals surface area contributed by atoms with E-state index in [1.807, 2.05) is 30.4 Å². The molecule has 0 radical (unpaired) electrons. The van der Waals surface area contributed by atoms with Gasteiger partial charge < -0.3 is 39.6 Å². The molecule has 2 fully saturated rings. The maximum absolute atomic E-state index is 14.2. The number of benzene rings is 1. The van der Waals surface area contributed by atoms with Gasteiger partial charge in [-0.05, 0) is 76.1 Å². The van der Waals surface area contributed by atoms with Gasteiger partial charge in [-0.1, -0.05) is 31.1 Å². The van der Waals surface area contributed by atoms with E-state index in [1.54, 1.807) is 39.9 Å². The molecular weight excluding hydrogens is 648 g/mol. The minimum atomic E-state index is -1.48. The monoisotopic (exact) mass is 698 g/mol. The number of fused-ring (bicyclic) bond motifs is 3. The molecule has 0 bridgehead atoms. The highest BCUT2D eigenvalue weighted by Gasteiger charge is 2.61. The largest absolute Gasteiger partial charge is 0.497 e. The molecule has 4 amide bonds. The number of carbonyl (C=O) groups excluding carboxylic acids is 4. The van der Waals surface area contributed by atoms with Crippen LogP contribution in [0.25, 0.3) is 0 Å². The highest BCUT2D eigenvalue weighted by atomic mass is 16.6. The van der Waals surface area contributed by atoms with Gasteiger partial charge in [0.1, 0.15) is 35.1 Å². The highest BCUT2D eigenvalue weighted by molar-refractivity contribution is 5.96. The number of methoxy groups -OCH3 is 2. The van der Waals surface area contributed by atoms with Crippen LogP contribution >= 0.6 is 0 Å². The zero-order valence-corrected chi connectivity index (χ0v) is 29.6. The Balaban J connectivity index is 1.39. The molecule has 1 unspecified atom stereocenters. The Hall–Kier alpha value is -4.33. The van der Waals surface area contributed by atoms with E-state index in [1.165, 1.54) is 4.90 Å². The maximum atomic E-state index is 14.2. The van der Waals surface area contributed by atoms with Crippen LogP contribution in [0.2, 0.25) is 0 Å². The van der Waals surface area contributed by atoms with Crippen LogP contribution in [-0.4, -0.2) is 108 Å². The Morgan fingerprint density at radius 2 is 1.90 bits per heavy atom. The number of alkyl carbamates (subject to hydrolysis) is 1. The average Bonchev–Trinajstić information content (AvgIpc) is 3.59. The molecule has 0 aromatic heterocycles. The smallest absolute Gasteiger partial charge is 0.410 e. The van der Waals surface area contributed by atoms with Gasteiger partial charge in [0, 0.05) is 26.0 Å². The van der Waals surface area contributed by atoms with E-state index in [-0.39, 0.29) is 31.9 Å². The summed E-state index contributed by atoms with van der Waals surface area (Å²) in [4.78, 5) is 70.1. The van der Waals surface area contributed by atoms with Crippen molar-refractivity contribution >= 4 is 30.0 Å². The van der Waals surface area contributed by atoms with E-state index in [0.717, 1.165) is 30.4 Å². The molecule has 6 atom stereocenters. The Bertz CT molecular complexity index is 1490. The molecule has 1 aromatic rings. The molecule has 3 aliphatic heterocycles. The number of carboxylic acids is 1. The van der Waals surface area contributed by atoms with Gasteiger partial charge in [0.2, 0.25) is 11.8 Å². The van der Waals surface area contributed by atoms with Crippen molar-refractivity contribution in [2.24, 2.45) is 5.92 Å². The number of amides is 4. The van der Waals surface area contributed by atoms with Crippen molar-refractivity contribution < 1.29 is 48.0 Å². The number of rotatable bonds is 6. The fraction of sp³-hybridized carbons (Fsp3) is 0.639. The van der Waals surface area contributed by atoms with Crippen molar-refractivity contribution in [1.29, 1.82) is 0 Å². The summed E-state index contributed by atoms with van der Waals surface area (Å²) in [7, 11) is 3.15. The summed E-state index contributed by atoms with van der Waals surface area (Å²) in [6.07, 6.45) is 5.49. The Kier molecular flexibility index (Phi) is 11.3. The first-order chi connectivity index (χ1) is 23.8. The molecule has 50 heavy (non-hydrogen) atoms. The lowest BCUT2D eigenvalue weighted by molar-refractivity contribution is -0.145. The molecule has 274 valence electrons. The Morgan fingerprint density at radius 1 is 1.12 bits per heavy atom. The molecule has 1 saturated carbocycles. The summed E-state index contributed by atoms with van der Waals surface area (Å²) in [5.41, 5.74) is -0.341. The molecule has 1 aliphatic carbocycles. The Labute approximate surface area is 292 Å². The summed E-state index contributed by atoms with van der Waals surface area (Å²) >= 11 is 0. The lowest BCUT2D eigenvalue weighted by Crippen LogP contribution is -2.56. The normalized spacial score (nSPS) is 29.2. The third-order valence-corrected chi connectivity index (χ3v) is 9.85. The molecule has 14 nitrogen and oxygen atoms in total. The number of hydrogen-bond donors (Lipinski definition) is 3. The first-order valence-electron chi connectivity index (χ1n) is 17.4. The van der Waals surface area contributed by atoms with E-state index < -0.39 is 65.3 Å². The zero-order chi connectivity index (χ0) is 36.2. The van der Waals surface area contributed by atoms with E-state index >= 15 is 0 Å². The Morgan fingerprint density at radius 3 is 2.60 bits per heavy atom. The van der Waals surface area contributed by atoms with Crippen molar-refractivity contribution in [3.63, 3.8) is 0 Å². The van der Waals surface area contributed by atoms with Crippen LogP contribution in [0.3, 0.4) is 0 Å². The molecule has 0 spiro atoms. The van der Waals surface area contributed by atoms with E-state index in [4.69, 9.17) is 18.9 Å². The van der Waals surface area contributed by atoms with Gasteiger partial charge in [-0.15, -0.1) is 0 Å². The topological polar surface area (TPSA) is 173 Å². The number of carboxylic acid groups (broad SMARTS) is 1. The zero-order valence-electron chi connectivity index (χ0n) is 29.6. The second-order valence-electron chi connectivity index (χ2n) is 14.6. The molecule has 1 aromatic carbocycles. The summed E-state index contributed by atoms with van der Waals surface area (Å²) in [5, 5.41) is 15.6. The van der Waals surface area contributed by atoms with Gasteiger partial charge in [0.15, 0.2) is 0 Å². The van der Waals surface area contributed by atoms with Gasteiger partial charge in [0.05, 0.1) is 26.3 Å². The van der Waals surface area contributed by atoms with Crippen molar-refractivity contribution in [1.82, 2.24) is 20.4 Å². The summed E-state index contributed by atoms with van der Waals surface area (Å²) in [6.45, 7) is 5.61. The molecule has 3 N–H and O–H groups in total. The fourth-order valence-corrected chi connectivity index (χ4v) is 7.18. The highest BCUT2D eigenvalue weighted by Crippen LogP contribution is 2.45. The maximum Gasteiger partial charge on any atom is 0.410 e. The quantitative estimate of drug-likeness (QED) is 0.372. The number of allylic oxidation sites excluding steroid dienone is 1. The first kappa shape index (κ1) is 36.9. The third kappa shape index (κ3) is 8.34. The van der Waals surface area contributed by atoms with E-state index in [0.29, 0.717) is 31.6 Å². The summed E-state index contributed by atoms with van der Waals surface area (Å²) in [5.74, 6) is -2.00. The number of hydrogen-bond acceptors (Lipinski definition) is 9. The standard InChI is InChI=1S/C36H50N4O10/c1-35(2,3)50-33(45)37-27-12-10-8-6-7-9-11-23-19-36(23,32(43)44)38-30(41)28-18-25(20-40(28)31(27)42)49-34(46)39-16-15-22-17-24(48-5)13-14-26(22)29(39)21-47-4/h9,11,13-14,17,23,25,27-29H,6-8,10,12,15-16,18-21H2,1-5H3,(H,37,45)(H,38,41)(H,43,44)/b11-9-/t23-,25-,27+,28+,29?,36-/m1/s1. The van der Waals surface area contributed by atoms with Crippen LogP contribution in [0.15, 0.2) is 30.4 Å². The SMILES string of the molecule is COCC1c2ccc(OC)cc2CCN1C(=O)O[C@@H]1C[C@H]2C(=O)N[C@]3(C(=O)O)C[C@H]3/C=C\CCCCC[C@H](NC(=O)OC(C)(C)C)C(=O)N2C1. The number of nitrogens with one attached hydrogen (secondary N) is 2. The summed E-state index contributed by atoms with van der Waals surface area (Å²) < 4.78 is 22.3. The van der Waals surface area contributed by atoms with Crippen LogP contribution in [0.5, 0.6) is 5.75 Å². The lowest BCUT2D eigenvalue weighted by Gasteiger charge is -2.37. The van der Waals surface area contributed by atoms with Crippen LogP contribution in [0.4, 0.5) is 9.59 Å². The number of carbonyl (C=O) groups is 5. The van der Waals surface area contributed by atoms with Gasteiger partial charge in [-0.2, -0.15) is 0 Å². The van der Waals surface area contributed by atoms with E-state index in [9.17, 15) is 29.1 Å². The van der Waals surface area contributed by atoms with Crippen molar-refractivity contribution in [3.8, 4) is 5.75 Å². The molecule has 14 heteroatoms. The number of aliphatic carboxylic acids is 1. The van der Waals surface area contributed by atoms with Crippen LogP contribution in [-0.2, 0) is 35.0 Å². The van der Waals surface area contributed by atoms with Gasteiger partial charge >= 0.3 is 18.2 Å².